The predicted molar refractivity (Wildman–Crippen MR) is 76.7 cm³/mol. The highest BCUT2D eigenvalue weighted by molar-refractivity contribution is 5.26. The highest BCUT2D eigenvalue weighted by atomic mass is 16.8. The number of rotatable bonds is 6. The van der Waals surface area contributed by atoms with Gasteiger partial charge in [0.15, 0.2) is 5.79 Å². The van der Waals surface area contributed by atoms with Crippen molar-refractivity contribution in [3.8, 4) is 5.75 Å². The summed E-state index contributed by atoms with van der Waals surface area (Å²) in [4.78, 5) is 0. The van der Waals surface area contributed by atoms with E-state index < -0.39 is 5.79 Å². The molecule has 2 rings (SSSR count). The summed E-state index contributed by atoms with van der Waals surface area (Å²) in [5.41, 5.74) is 1.10. The van der Waals surface area contributed by atoms with Crippen LogP contribution >= 0.6 is 0 Å². The fourth-order valence-corrected chi connectivity index (χ4v) is 2.21. The number of benzene rings is 1. The molecule has 0 aliphatic carbocycles. The van der Waals surface area contributed by atoms with Crippen molar-refractivity contribution in [2.75, 3.05) is 13.7 Å². The van der Waals surface area contributed by atoms with E-state index in [2.05, 4.69) is 6.58 Å². The molecule has 0 saturated carbocycles. The Hall–Kier alpha value is -1.36. The molecule has 110 valence electrons. The Bertz CT molecular complexity index is 438. The minimum absolute atomic E-state index is 0.110. The van der Waals surface area contributed by atoms with Crippen molar-refractivity contribution in [1.29, 1.82) is 0 Å². The van der Waals surface area contributed by atoms with E-state index in [-0.39, 0.29) is 12.2 Å². The quantitative estimate of drug-likeness (QED) is 0.750. The molecule has 1 saturated heterocycles. The van der Waals surface area contributed by atoms with Gasteiger partial charge < -0.3 is 18.9 Å². The molecule has 0 aromatic heterocycles. The van der Waals surface area contributed by atoms with Crippen LogP contribution < -0.4 is 4.74 Å². The minimum Gasteiger partial charge on any atom is -0.497 e. The van der Waals surface area contributed by atoms with E-state index in [9.17, 15) is 0 Å². The first-order valence-corrected chi connectivity index (χ1v) is 6.73. The van der Waals surface area contributed by atoms with E-state index in [0.717, 1.165) is 11.3 Å². The maximum absolute atomic E-state index is 5.79. The van der Waals surface area contributed by atoms with Gasteiger partial charge in [0.05, 0.1) is 20.3 Å². The van der Waals surface area contributed by atoms with Crippen LogP contribution in [0.5, 0.6) is 5.75 Å². The van der Waals surface area contributed by atoms with Gasteiger partial charge in [-0.15, -0.1) is 6.58 Å². The van der Waals surface area contributed by atoms with Crippen LogP contribution in [0.2, 0.25) is 0 Å². The normalized spacial score (nSPS) is 24.6. The van der Waals surface area contributed by atoms with Crippen molar-refractivity contribution in [3.63, 3.8) is 0 Å². The number of hydrogen-bond donors (Lipinski definition) is 0. The van der Waals surface area contributed by atoms with Crippen molar-refractivity contribution < 1.29 is 18.9 Å². The van der Waals surface area contributed by atoms with Gasteiger partial charge in [0.1, 0.15) is 18.0 Å². The smallest absolute Gasteiger partial charge is 0.164 e. The van der Waals surface area contributed by atoms with Crippen molar-refractivity contribution in [2.45, 2.75) is 38.4 Å². The lowest BCUT2D eigenvalue weighted by Gasteiger charge is -2.16. The van der Waals surface area contributed by atoms with Crippen LogP contribution in [-0.4, -0.2) is 31.7 Å². The molecule has 1 aromatic carbocycles. The molecule has 2 atom stereocenters. The lowest BCUT2D eigenvalue weighted by molar-refractivity contribution is -0.148. The van der Waals surface area contributed by atoms with Gasteiger partial charge in [-0.25, -0.2) is 0 Å². The predicted octanol–water partition coefficient (Wildman–Crippen LogP) is 2.92. The van der Waals surface area contributed by atoms with Crippen molar-refractivity contribution in [2.24, 2.45) is 0 Å². The van der Waals surface area contributed by atoms with Gasteiger partial charge in [-0.1, -0.05) is 18.2 Å². The summed E-state index contributed by atoms with van der Waals surface area (Å²) < 4.78 is 22.3. The lowest BCUT2D eigenvalue weighted by atomic mass is 10.2. The molecular weight excluding hydrogens is 256 g/mol. The second kappa shape index (κ2) is 6.39. The summed E-state index contributed by atoms with van der Waals surface area (Å²) in [6, 6.07) is 7.81. The highest BCUT2D eigenvalue weighted by Gasteiger charge is 2.39. The van der Waals surface area contributed by atoms with E-state index in [1.54, 1.807) is 13.2 Å². The number of ether oxygens (including phenoxy) is 4. The Morgan fingerprint density at radius 3 is 2.55 bits per heavy atom. The van der Waals surface area contributed by atoms with Gasteiger partial charge in [-0.05, 0) is 31.5 Å². The van der Waals surface area contributed by atoms with Gasteiger partial charge >= 0.3 is 0 Å². The first kappa shape index (κ1) is 15.0. The standard InChI is InChI=1S/C16H22O4/c1-5-14-15(20-16(2,3)19-14)11-18-10-12-6-8-13(17-4)9-7-12/h5-9,14-15H,1,10-11H2,2-4H3/t14-,15+/m1/s1. The Kier molecular flexibility index (Phi) is 4.81. The molecule has 4 nitrogen and oxygen atoms in total. The average molecular weight is 278 g/mol. The molecule has 0 bridgehead atoms. The van der Waals surface area contributed by atoms with Crippen LogP contribution in [0.1, 0.15) is 19.4 Å². The van der Waals surface area contributed by atoms with Crippen molar-refractivity contribution in [1.82, 2.24) is 0 Å². The second-order valence-electron chi connectivity index (χ2n) is 5.24. The maximum atomic E-state index is 5.79. The van der Waals surface area contributed by atoms with Crippen LogP contribution in [0.25, 0.3) is 0 Å². The summed E-state index contributed by atoms with van der Waals surface area (Å²) in [5.74, 6) is 0.266. The molecule has 4 heteroatoms. The third kappa shape index (κ3) is 3.82. The van der Waals surface area contributed by atoms with E-state index in [4.69, 9.17) is 18.9 Å². The van der Waals surface area contributed by atoms with Gasteiger partial charge in [-0.2, -0.15) is 0 Å². The van der Waals surface area contributed by atoms with Crippen LogP contribution in [0.3, 0.4) is 0 Å². The number of methoxy groups -OCH3 is 1. The fraction of sp³-hybridized carbons (Fsp3) is 0.500. The Morgan fingerprint density at radius 2 is 1.95 bits per heavy atom. The van der Waals surface area contributed by atoms with E-state index >= 15 is 0 Å². The van der Waals surface area contributed by atoms with Gasteiger partial charge in [-0.3, -0.25) is 0 Å². The Labute approximate surface area is 120 Å². The third-order valence-electron chi connectivity index (χ3n) is 3.16. The highest BCUT2D eigenvalue weighted by Crippen LogP contribution is 2.28. The van der Waals surface area contributed by atoms with Crippen molar-refractivity contribution >= 4 is 0 Å². The molecule has 0 radical (unpaired) electrons. The molecule has 0 unspecified atom stereocenters. The topological polar surface area (TPSA) is 36.9 Å². The zero-order chi connectivity index (χ0) is 14.6. The van der Waals surface area contributed by atoms with Crippen molar-refractivity contribution in [3.05, 3.63) is 42.5 Å². The molecule has 1 heterocycles. The monoisotopic (exact) mass is 278 g/mol. The molecule has 0 amide bonds. The first-order chi connectivity index (χ1) is 9.54. The van der Waals surface area contributed by atoms with Gasteiger partial charge in [0.2, 0.25) is 0 Å². The average Bonchev–Trinajstić information content (AvgIpc) is 2.74. The molecular formula is C16H22O4. The zero-order valence-corrected chi connectivity index (χ0v) is 12.3. The first-order valence-electron chi connectivity index (χ1n) is 6.73. The largest absolute Gasteiger partial charge is 0.497 e. The molecule has 0 spiro atoms. The van der Waals surface area contributed by atoms with E-state index in [1.165, 1.54) is 0 Å². The summed E-state index contributed by atoms with van der Waals surface area (Å²) >= 11 is 0. The Morgan fingerprint density at radius 1 is 1.25 bits per heavy atom. The molecule has 1 aromatic rings. The van der Waals surface area contributed by atoms with Crippen LogP contribution in [0.15, 0.2) is 36.9 Å². The summed E-state index contributed by atoms with van der Waals surface area (Å²) in [6.07, 6.45) is 1.53. The minimum atomic E-state index is -0.576. The van der Waals surface area contributed by atoms with Crippen LogP contribution in [0.4, 0.5) is 0 Å². The maximum Gasteiger partial charge on any atom is 0.164 e. The van der Waals surface area contributed by atoms with Gasteiger partial charge in [0, 0.05) is 0 Å². The third-order valence-corrected chi connectivity index (χ3v) is 3.16. The molecule has 1 fully saturated rings. The zero-order valence-electron chi connectivity index (χ0n) is 12.3. The molecule has 1 aliphatic rings. The number of hydrogen-bond acceptors (Lipinski definition) is 4. The van der Waals surface area contributed by atoms with Crippen LogP contribution in [0, 0.1) is 0 Å². The molecule has 20 heavy (non-hydrogen) atoms. The molecule has 1 aliphatic heterocycles. The second-order valence-corrected chi connectivity index (χ2v) is 5.24. The van der Waals surface area contributed by atoms with Crippen LogP contribution in [-0.2, 0) is 20.8 Å². The Balaban J connectivity index is 1.81. The lowest BCUT2D eigenvalue weighted by Crippen LogP contribution is -2.26. The van der Waals surface area contributed by atoms with Gasteiger partial charge in [0.25, 0.3) is 0 Å². The SMILES string of the molecule is C=C[C@H]1OC(C)(C)O[C@H]1COCc1ccc(OC)cc1. The fourth-order valence-electron chi connectivity index (χ4n) is 2.21. The summed E-state index contributed by atoms with van der Waals surface area (Å²) in [5, 5.41) is 0. The molecule has 0 N–H and O–H groups in total. The summed E-state index contributed by atoms with van der Waals surface area (Å²) in [6.45, 7) is 8.58. The summed E-state index contributed by atoms with van der Waals surface area (Å²) in [7, 11) is 1.65. The van der Waals surface area contributed by atoms with E-state index in [0.29, 0.717) is 13.2 Å². The van der Waals surface area contributed by atoms with E-state index in [1.807, 2.05) is 38.1 Å².